The number of carbonyl (C=O) groups is 1. The maximum atomic E-state index is 11.0. The first-order valence-corrected chi connectivity index (χ1v) is 6.14. The van der Waals surface area contributed by atoms with Crippen molar-refractivity contribution in [1.82, 2.24) is 4.98 Å². The van der Waals surface area contributed by atoms with Crippen LogP contribution in [0.15, 0.2) is 12.1 Å². The standard InChI is InChI=1S/C12H15ClN2O3/c1-7-5-18-6-8(2)15(7)11-4-9(13)3-10(14-11)12(16)17/h3-4,7-8H,5-6H2,1-2H3,(H,16,17)/t7-,8-/m0/s1. The second-order valence-electron chi connectivity index (χ2n) is 4.48. The molecule has 1 aromatic heterocycles. The van der Waals surface area contributed by atoms with Gasteiger partial charge in [-0.2, -0.15) is 0 Å². The molecule has 0 amide bonds. The van der Waals surface area contributed by atoms with E-state index in [1.807, 2.05) is 18.7 Å². The predicted octanol–water partition coefficient (Wildman–Crippen LogP) is 2.05. The van der Waals surface area contributed by atoms with Crippen molar-refractivity contribution >= 4 is 23.4 Å². The third kappa shape index (κ3) is 2.57. The van der Waals surface area contributed by atoms with Crippen LogP contribution in [0, 0.1) is 0 Å². The van der Waals surface area contributed by atoms with Crippen molar-refractivity contribution in [2.24, 2.45) is 0 Å². The Morgan fingerprint density at radius 2 is 2.06 bits per heavy atom. The summed E-state index contributed by atoms with van der Waals surface area (Å²) < 4.78 is 5.43. The average molecular weight is 271 g/mol. The van der Waals surface area contributed by atoms with Crippen LogP contribution in [0.3, 0.4) is 0 Å². The summed E-state index contributed by atoms with van der Waals surface area (Å²) in [7, 11) is 0. The number of rotatable bonds is 2. The van der Waals surface area contributed by atoms with Crippen LogP contribution in [0.5, 0.6) is 0 Å². The Morgan fingerprint density at radius 3 is 2.61 bits per heavy atom. The van der Waals surface area contributed by atoms with Gasteiger partial charge in [-0.25, -0.2) is 9.78 Å². The van der Waals surface area contributed by atoms with Gasteiger partial charge in [0.25, 0.3) is 0 Å². The molecule has 5 nitrogen and oxygen atoms in total. The molecule has 0 spiro atoms. The molecular formula is C12H15ClN2O3. The molecule has 0 aromatic carbocycles. The monoisotopic (exact) mass is 270 g/mol. The van der Waals surface area contributed by atoms with E-state index in [2.05, 4.69) is 4.98 Å². The fourth-order valence-corrected chi connectivity index (χ4v) is 2.38. The minimum absolute atomic E-state index is 0.0385. The topological polar surface area (TPSA) is 62.7 Å². The molecule has 2 atom stereocenters. The molecule has 0 bridgehead atoms. The van der Waals surface area contributed by atoms with E-state index < -0.39 is 5.97 Å². The molecule has 2 rings (SSSR count). The summed E-state index contributed by atoms with van der Waals surface area (Å²) in [5.74, 6) is -0.490. The number of carboxylic acid groups (broad SMARTS) is 1. The lowest BCUT2D eigenvalue weighted by molar-refractivity contribution is 0.0688. The molecule has 2 heterocycles. The Kier molecular flexibility index (Phi) is 3.73. The normalized spacial score (nSPS) is 24.1. The third-order valence-electron chi connectivity index (χ3n) is 2.93. The van der Waals surface area contributed by atoms with E-state index >= 15 is 0 Å². The number of aromatic carboxylic acids is 1. The van der Waals surface area contributed by atoms with Crippen molar-refractivity contribution in [1.29, 1.82) is 0 Å². The Balaban J connectivity index is 2.39. The predicted molar refractivity (Wildman–Crippen MR) is 68.4 cm³/mol. The maximum absolute atomic E-state index is 11.0. The van der Waals surface area contributed by atoms with Crippen molar-refractivity contribution < 1.29 is 14.6 Å². The van der Waals surface area contributed by atoms with Crippen molar-refractivity contribution in [2.75, 3.05) is 18.1 Å². The van der Waals surface area contributed by atoms with Crippen LogP contribution in [0.4, 0.5) is 5.82 Å². The molecule has 1 saturated heterocycles. The van der Waals surface area contributed by atoms with E-state index in [9.17, 15) is 4.79 Å². The number of pyridine rings is 1. The van der Waals surface area contributed by atoms with Crippen LogP contribution in [0.2, 0.25) is 5.02 Å². The first-order chi connectivity index (χ1) is 8.49. The molecule has 98 valence electrons. The highest BCUT2D eigenvalue weighted by Crippen LogP contribution is 2.25. The largest absolute Gasteiger partial charge is 0.477 e. The number of anilines is 1. The van der Waals surface area contributed by atoms with Crippen LogP contribution in [0.25, 0.3) is 0 Å². The molecule has 1 aliphatic rings. The van der Waals surface area contributed by atoms with Crippen LogP contribution in [-0.4, -0.2) is 41.4 Å². The molecule has 0 unspecified atom stereocenters. The Labute approximate surface area is 110 Å². The summed E-state index contributed by atoms with van der Waals surface area (Å²) in [5.41, 5.74) is -0.0385. The smallest absolute Gasteiger partial charge is 0.354 e. The SMILES string of the molecule is C[C@H]1COC[C@H](C)N1c1cc(Cl)cc(C(=O)O)n1. The lowest BCUT2D eigenvalue weighted by Crippen LogP contribution is -2.50. The minimum atomic E-state index is -1.08. The molecule has 18 heavy (non-hydrogen) atoms. The number of aromatic nitrogens is 1. The van der Waals surface area contributed by atoms with Gasteiger partial charge in [-0.05, 0) is 26.0 Å². The van der Waals surface area contributed by atoms with E-state index in [0.717, 1.165) is 0 Å². The lowest BCUT2D eigenvalue weighted by Gasteiger charge is -2.39. The Morgan fingerprint density at radius 1 is 1.44 bits per heavy atom. The molecule has 1 N–H and O–H groups in total. The van der Waals surface area contributed by atoms with E-state index in [4.69, 9.17) is 21.4 Å². The molecule has 1 aromatic rings. The van der Waals surface area contributed by atoms with Crippen LogP contribution in [-0.2, 0) is 4.74 Å². The van der Waals surface area contributed by atoms with Gasteiger partial charge in [0, 0.05) is 5.02 Å². The first-order valence-electron chi connectivity index (χ1n) is 5.76. The summed E-state index contributed by atoms with van der Waals surface area (Å²) in [4.78, 5) is 17.2. The Hall–Kier alpha value is -1.33. The fraction of sp³-hybridized carbons (Fsp3) is 0.500. The molecule has 1 fully saturated rings. The van der Waals surface area contributed by atoms with Gasteiger partial charge in [0.15, 0.2) is 5.69 Å². The van der Waals surface area contributed by atoms with E-state index in [1.54, 1.807) is 6.07 Å². The van der Waals surface area contributed by atoms with Crippen molar-refractivity contribution in [2.45, 2.75) is 25.9 Å². The van der Waals surface area contributed by atoms with E-state index in [1.165, 1.54) is 6.07 Å². The molecule has 0 radical (unpaired) electrons. The summed E-state index contributed by atoms with van der Waals surface area (Å²) in [5, 5.41) is 9.38. The summed E-state index contributed by atoms with van der Waals surface area (Å²) in [6.07, 6.45) is 0. The van der Waals surface area contributed by atoms with Gasteiger partial charge in [0.1, 0.15) is 5.82 Å². The second-order valence-corrected chi connectivity index (χ2v) is 4.91. The zero-order valence-electron chi connectivity index (χ0n) is 10.3. The highest BCUT2D eigenvalue weighted by atomic mass is 35.5. The van der Waals surface area contributed by atoms with Crippen molar-refractivity contribution in [3.8, 4) is 0 Å². The van der Waals surface area contributed by atoms with Crippen LogP contribution >= 0.6 is 11.6 Å². The van der Waals surface area contributed by atoms with Gasteiger partial charge in [0.2, 0.25) is 0 Å². The summed E-state index contributed by atoms with van der Waals surface area (Å²) >= 11 is 5.95. The van der Waals surface area contributed by atoms with Gasteiger partial charge >= 0.3 is 5.97 Å². The van der Waals surface area contributed by atoms with Gasteiger partial charge in [-0.1, -0.05) is 11.6 Å². The highest BCUT2D eigenvalue weighted by Gasteiger charge is 2.27. The van der Waals surface area contributed by atoms with E-state index in [0.29, 0.717) is 24.1 Å². The molecule has 1 aliphatic heterocycles. The van der Waals surface area contributed by atoms with E-state index in [-0.39, 0.29) is 17.8 Å². The Bertz CT molecular complexity index is 457. The maximum Gasteiger partial charge on any atom is 0.354 e. The van der Waals surface area contributed by atoms with Gasteiger partial charge in [-0.15, -0.1) is 0 Å². The number of ether oxygens (including phenoxy) is 1. The lowest BCUT2D eigenvalue weighted by atomic mass is 10.1. The van der Waals surface area contributed by atoms with Crippen LogP contribution in [0.1, 0.15) is 24.3 Å². The highest BCUT2D eigenvalue weighted by molar-refractivity contribution is 6.31. The molecule has 0 saturated carbocycles. The van der Waals surface area contributed by atoms with Gasteiger partial charge < -0.3 is 14.7 Å². The number of morpholine rings is 1. The average Bonchev–Trinajstić information content (AvgIpc) is 2.28. The minimum Gasteiger partial charge on any atom is -0.477 e. The summed E-state index contributed by atoms with van der Waals surface area (Å²) in [6.45, 7) is 5.22. The number of hydrogen-bond donors (Lipinski definition) is 1. The fourth-order valence-electron chi connectivity index (χ4n) is 2.18. The number of nitrogens with zero attached hydrogens (tertiary/aromatic N) is 2. The third-order valence-corrected chi connectivity index (χ3v) is 3.15. The molecule has 6 heteroatoms. The molecule has 0 aliphatic carbocycles. The van der Waals surface area contributed by atoms with Crippen molar-refractivity contribution in [3.05, 3.63) is 22.8 Å². The van der Waals surface area contributed by atoms with Gasteiger partial charge in [0.05, 0.1) is 25.3 Å². The summed E-state index contributed by atoms with van der Waals surface area (Å²) in [6, 6.07) is 3.32. The van der Waals surface area contributed by atoms with Gasteiger partial charge in [-0.3, -0.25) is 0 Å². The number of halogens is 1. The number of hydrogen-bond acceptors (Lipinski definition) is 4. The van der Waals surface area contributed by atoms with Crippen molar-refractivity contribution in [3.63, 3.8) is 0 Å². The first kappa shape index (κ1) is 13.1. The van der Waals surface area contributed by atoms with Crippen LogP contribution < -0.4 is 4.90 Å². The number of carboxylic acids is 1. The molecular weight excluding hydrogens is 256 g/mol. The zero-order chi connectivity index (χ0) is 13.3. The zero-order valence-corrected chi connectivity index (χ0v) is 11.0. The second kappa shape index (κ2) is 5.12. The quantitative estimate of drug-likeness (QED) is 0.891.